The van der Waals surface area contributed by atoms with Crippen molar-refractivity contribution in [1.82, 2.24) is 0 Å². The van der Waals surface area contributed by atoms with E-state index in [2.05, 4.69) is 0 Å². The molecule has 0 amide bonds. The fourth-order valence-electron chi connectivity index (χ4n) is 3.06. The van der Waals surface area contributed by atoms with E-state index in [4.69, 9.17) is 32.7 Å². The molecule has 0 saturated heterocycles. The molecule has 1 atom stereocenters. The van der Waals surface area contributed by atoms with Crippen molar-refractivity contribution in [2.24, 2.45) is 0 Å². The zero-order chi connectivity index (χ0) is 20.5. The lowest BCUT2D eigenvalue weighted by atomic mass is 9.88. The number of carbonyl (C=O) groups is 1. The average molecular weight is 431 g/mol. The predicted molar refractivity (Wildman–Crippen MR) is 101 cm³/mol. The number of rotatable bonds is 4. The van der Waals surface area contributed by atoms with Gasteiger partial charge >= 0.3 is 12.1 Å². The Morgan fingerprint density at radius 1 is 1.21 bits per heavy atom. The molecule has 0 radical (unpaired) electrons. The maximum atomic E-state index is 14.1. The molecular formula is C20H15Cl2F3O3. The van der Waals surface area contributed by atoms with Gasteiger partial charge in [0.1, 0.15) is 5.75 Å². The summed E-state index contributed by atoms with van der Waals surface area (Å²) in [5.41, 5.74) is -1.85. The summed E-state index contributed by atoms with van der Waals surface area (Å²) in [6.07, 6.45) is -2.46. The van der Waals surface area contributed by atoms with Crippen molar-refractivity contribution < 1.29 is 27.4 Å². The molecule has 0 N–H and O–H groups in total. The topological polar surface area (TPSA) is 35.5 Å². The Morgan fingerprint density at radius 2 is 1.89 bits per heavy atom. The van der Waals surface area contributed by atoms with Crippen LogP contribution in [0.4, 0.5) is 13.2 Å². The Balaban J connectivity index is 1.98. The van der Waals surface area contributed by atoms with Gasteiger partial charge in [0, 0.05) is 28.1 Å². The molecule has 8 heteroatoms. The van der Waals surface area contributed by atoms with E-state index >= 15 is 0 Å². The Labute approximate surface area is 169 Å². The zero-order valence-electron chi connectivity index (χ0n) is 14.6. The van der Waals surface area contributed by atoms with Crippen molar-refractivity contribution in [2.75, 3.05) is 6.61 Å². The van der Waals surface area contributed by atoms with E-state index in [1.54, 1.807) is 19.1 Å². The van der Waals surface area contributed by atoms with Gasteiger partial charge in [-0.25, -0.2) is 4.79 Å². The summed E-state index contributed by atoms with van der Waals surface area (Å²) in [6.45, 7) is 1.91. The van der Waals surface area contributed by atoms with Crippen LogP contribution in [0, 0.1) is 0 Å². The summed E-state index contributed by atoms with van der Waals surface area (Å²) < 4.78 is 52.5. The van der Waals surface area contributed by atoms with Crippen molar-refractivity contribution in [3.63, 3.8) is 0 Å². The summed E-state index contributed by atoms with van der Waals surface area (Å²) in [6, 6.07) is 8.32. The Bertz CT molecular complexity index is 921. The fourth-order valence-corrected chi connectivity index (χ4v) is 3.58. The number of esters is 1. The van der Waals surface area contributed by atoms with E-state index in [1.165, 1.54) is 36.4 Å². The number of hydrogen-bond acceptors (Lipinski definition) is 3. The fraction of sp³-hybridized carbons (Fsp3) is 0.250. The Morgan fingerprint density at radius 3 is 2.50 bits per heavy atom. The smallest absolute Gasteiger partial charge is 0.432 e. The van der Waals surface area contributed by atoms with Gasteiger partial charge in [0.25, 0.3) is 0 Å². The van der Waals surface area contributed by atoms with Crippen LogP contribution in [-0.4, -0.2) is 18.8 Å². The second-order valence-electron chi connectivity index (χ2n) is 6.21. The summed E-state index contributed by atoms with van der Waals surface area (Å²) in [5, 5.41) is 0.174. The van der Waals surface area contributed by atoms with Crippen LogP contribution < -0.4 is 4.74 Å². The third-order valence-corrected chi connectivity index (χ3v) is 4.73. The summed E-state index contributed by atoms with van der Waals surface area (Å²) in [4.78, 5) is 11.4. The minimum absolute atomic E-state index is 0.0868. The van der Waals surface area contributed by atoms with Crippen LogP contribution in [0.3, 0.4) is 0 Å². The zero-order valence-corrected chi connectivity index (χ0v) is 16.2. The second-order valence-corrected chi connectivity index (χ2v) is 7.09. The molecule has 1 aliphatic rings. The van der Waals surface area contributed by atoms with Gasteiger partial charge in [-0.3, -0.25) is 0 Å². The van der Waals surface area contributed by atoms with Gasteiger partial charge in [-0.15, -0.1) is 0 Å². The molecule has 3 rings (SSSR count). The van der Waals surface area contributed by atoms with Crippen LogP contribution in [0.15, 0.2) is 42.5 Å². The minimum Gasteiger partial charge on any atom is -0.472 e. The van der Waals surface area contributed by atoms with Crippen LogP contribution in [0.25, 0.3) is 6.08 Å². The first-order valence-electron chi connectivity index (χ1n) is 8.35. The molecule has 2 aromatic rings. The number of hydrogen-bond donors (Lipinski definition) is 0. The highest BCUT2D eigenvalue weighted by Gasteiger charge is 2.61. The SMILES string of the molecule is CCOC(=O)/C=C/c1ccc2c(c1)CC(c1cc(Cl)cc(Cl)c1)(C(F)(F)F)O2. The first kappa shape index (κ1) is 20.6. The van der Waals surface area contributed by atoms with E-state index in [1.807, 2.05) is 0 Å². The molecule has 2 aromatic carbocycles. The molecule has 0 saturated carbocycles. The monoisotopic (exact) mass is 430 g/mol. The number of fused-ring (bicyclic) bond motifs is 1. The van der Waals surface area contributed by atoms with Crippen LogP contribution in [-0.2, 0) is 21.6 Å². The molecule has 148 valence electrons. The lowest BCUT2D eigenvalue weighted by Gasteiger charge is -2.31. The maximum absolute atomic E-state index is 14.1. The molecule has 0 aliphatic carbocycles. The average Bonchev–Trinajstić information content (AvgIpc) is 2.99. The van der Waals surface area contributed by atoms with Gasteiger partial charge in [-0.1, -0.05) is 29.3 Å². The lowest BCUT2D eigenvalue weighted by molar-refractivity contribution is -0.248. The van der Waals surface area contributed by atoms with Crippen molar-refractivity contribution in [2.45, 2.75) is 25.1 Å². The highest BCUT2D eigenvalue weighted by molar-refractivity contribution is 6.34. The Hall–Kier alpha value is -2.18. The molecule has 0 spiro atoms. The largest absolute Gasteiger partial charge is 0.472 e. The quantitative estimate of drug-likeness (QED) is 0.443. The predicted octanol–water partition coefficient (Wildman–Crippen LogP) is 5.96. The highest BCUT2D eigenvalue weighted by Crippen LogP contribution is 2.51. The van der Waals surface area contributed by atoms with Gasteiger partial charge in [0.2, 0.25) is 5.60 Å². The number of carbonyl (C=O) groups excluding carboxylic acids is 1. The number of halogens is 5. The second kappa shape index (κ2) is 7.68. The van der Waals surface area contributed by atoms with Crippen LogP contribution >= 0.6 is 23.2 Å². The Kier molecular flexibility index (Phi) is 5.64. The molecule has 0 bridgehead atoms. The van der Waals surface area contributed by atoms with Gasteiger partial charge in [-0.2, -0.15) is 13.2 Å². The van der Waals surface area contributed by atoms with Crippen molar-refractivity contribution in [1.29, 1.82) is 0 Å². The molecule has 1 aliphatic heterocycles. The molecular weight excluding hydrogens is 416 g/mol. The molecule has 28 heavy (non-hydrogen) atoms. The summed E-state index contributed by atoms with van der Waals surface area (Å²) in [5.74, 6) is -0.417. The van der Waals surface area contributed by atoms with Gasteiger partial charge in [-0.05, 0) is 54.5 Å². The number of alkyl halides is 3. The van der Waals surface area contributed by atoms with Crippen LogP contribution in [0.5, 0.6) is 5.75 Å². The molecule has 0 aromatic heterocycles. The third-order valence-electron chi connectivity index (χ3n) is 4.29. The minimum atomic E-state index is -4.71. The van der Waals surface area contributed by atoms with E-state index in [0.717, 1.165) is 0 Å². The number of benzene rings is 2. The molecule has 1 heterocycles. The van der Waals surface area contributed by atoms with Crippen molar-refractivity contribution >= 4 is 35.2 Å². The third kappa shape index (κ3) is 3.98. The maximum Gasteiger partial charge on any atom is 0.432 e. The molecule has 3 nitrogen and oxygen atoms in total. The van der Waals surface area contributed by atoms with E-state index in [9.17, 15) is 18.0 Å². The highest BCUT2D eigenvalue weighted by atomic mass is 35.5. The molecule has 1 unspecified atom stereocenters. The number of ether oxygens (including phenoxy) is 2. The summed E-state index contributed by atoms with van der Waals surface area (Å²) in [7, 11) is 0. The van der Waals surface area contributed by atoms with Gasteiger partial charge < -0.3 is 9.47 Å². The lowest BCUT2D eigenvalue weighted by Crippen LogP contribution is -2.46. The first-order valence-corrected chi connectivity index (χ1v) is 9.10. The standard InChI is InChI=1S/C20H15Cl2F3O3/c1-2-27-18(26)6-4-12-3-5-17-13(7-12)11-19(28-17,20(23,24)25)14-8-15(21)10-16(22)9-14/h3-10H,2,11H2,1H3/b6-4+. The van der Waals surface area contributed by atoms with E-state index in [0.29, 0.717) is 11.1 Å². The van der Waals surface area contributed by atoms with Crippen molar-refractivity contribution in [3.05, 3.63) is 69.2 Å². The van der Waals surface area contributed by atoms with Crippen LogP contribution in [0.2, 0.25) is 10.0 Å². The van der Waals surface area contributed by atoms with Gasteiger partial charge in [0.05, 0.1) is 6.61 Å². The van der Waals surface area contributed by atoms with Crippen LogP contribution in [0.1, 0.15) is 23.6 Å². The van der Waals surface area contributed by atoms with E-state index < -0.39 is 24.2 Å². The summed E-state index contributed by atoms with van der Waals surface area (Å²) >= 11 is 11.8. The van der Waals surface area contributed by atoms with E-state index in [-0.39, 0.29) is 28.0 Å². The normalized spacial score (nSPS) is 18.8. The van der Waals surface area contributed by atoms with Crippen molar-refractivity contribution in [3.8, 4) is 5.75 Å². The molecule has 0 fully saturated rings. The first-order chi connectivity index (χ1) is 13.1. The van der Waals surface area contributed by atoms with Gasteiger partial charge in [0.15, 0.2) is 0 Å².